The molecular formula is C30H33Cl3N4O7S. The summed E-state index contributed by atoms with van der Waals surface area (Å²) in [6, 6.07) is 11.1. The van der Waals surface area contributed by atoms with E-state index in [1.54, 1.807) is 18.2 Å². The van der Waals surface area contributed by atoms with Gasteiger partial charge in [-0.3, -0.25) is 24.0 Å². The number of sulfonamides is 1. The van der Waals surface area contributed by atoms with Crippen molar-refractivity contribution in [1.29, 1.82) is 0 Å². The first-order chi connectivity index (χ1) is 21.1. The molecule has 3 rings (SSSR count). The Morgan fingerprint density at radius 3 is 2.27 bits per heavy atom. The number of hydrogen-bond donors (Lipinski definition) is 1. The molecule has 0 aliphatic rings. The van der Waals surface area contributed by atoms with E-state index in [1.807, 2.05) is 13.8 Å². The molecule has 0 aliphatic carbocycles. The van der Waals surface area contributed by atoms with Gasteiger partial charge >= 0.3 is 0 Å². The molecule has 0 saturated carbocycles. The van der Waals surface area contributed by atoms with Crippen LogP contribution in [-0.4, -0.2) is 55.8 Å². The van der Waals surface area contributed by atoms with Gasteiger partial charge in [-0.25, -0.2) is 8.42 Å². The summed E-state index contributed by atoms with van der Waals surface area (Å²) in [4.78, 5) is 39.2. The van der Waals surface area contributed by atoms with Crippen molar-refractivity contribution in [3.05, 3.63) is 90.9 Å². The Balaban J connectivity index is 2.19. The number of aryl methyl sites for hydroxylation is 1. The molecule has 0 aromatic heterocycles. The predicted octanol–water partition coefficient (Wildman–Crippen LogP) is 6.40. The number of carbonyl (C=O) groups is 2. The molecule has 45 heavy (non-hydrogen) atoms. The smallest absolute Gasteiger partial charge is 0.273 e. The summed E-state index contributed by atoms with van der Waals surface area (Å²) in [5.74, 6) is -1.23. The van der Waals surface area contributed by atoms with E-state index in [4.69, 9.17) is 39.5 Å². The van der Waals surface area contributed by atoms with Gasteiger partial charge in [0.15, 0.2) is 0 Å². The number of nitro benzene ring substituents is 1. The van der Waals surface area contributed by atoms with E-state index in [-0.39, 0.29) is 44.7 Å². The number of benzene rings is 3. The van der Waals surface area contributed by atoms with Crippen LogP contribution in [0.25, 0.3) is 0 Å². The van der Waals surface area contributed by atoms with Crippen molar-refractivity contribution in [3.63, 3.8) is 0 Å². The first-order valence-electron chi connectivity index (χ1n) is 13.8. The molecule has 0 heterocycles. The number of nitrogens with zero attached hydrogens (tertiary/aromatic N) is 3. The van der Waals surface area contributed by atoms with Crippen LogP contribution in [0, 0.1) is 17.0 Å². The highest BCUT2D eigenvalue weighted by Gasteiger charge is 2.35. The third kappa shape index (κ3) is 8.37. The van der Waals surface area contributed by atoms with E-state index in [0.717, 1.165) is 10.4 Å². The van der Waals surface area contributed by atoms with Gasteiger partial charge in [-0.1, -0.05) is 53.9 Å². The van der Waals surface area contributed by atoms with Gasteiger partial charge < -0.3 is 15.0 Å². The van der Waals surface area contributed by atoms with Crippen LogP contribution in [0.3, 0.4) is 0 Å². The SMILES string of the molecule is CC[C@H](C)NC(=O)[C@H](C)N(Cc1c(Cl)cccc1Cl)C(=O)CN(c1cc(Cl)ccc1OC)S(=O)(=O)c1ccc(C)c([N+](=O)[O-])c1. The van der Waals surface area contributed by atoms with Crippen molar-refractivity contribution in [1.82, 2.24) is 10.2 Å². The summed E-state index contributed by atoms with van der Waals surface area (Å²) >= 11 is 19.1. The van der Waals surface area contributed by atoms with E-state index < -0.39 is 49.9 Å². The molecule has 0 aliphatic heterocycles. The maximum Gasteiger partial charge on any atom is 0.273 e. The standard InChI is InChI=1S/C30H33Cl3N4O7S/c1-6-19(3)34-30(39)20(4)35(16-23-24(32)8-7-9-25(23)33)29(38)17-36(27-14-21(31)11-13-28(27)44-5)45(42,43)22-12-10-18(2)26(15-22)37(40)41/h7-15,19-20H,6,16-17H2,1-5H3,(H,34,39)/t19-,20-/m0/s1. The van der Waals surface area contributed by atoms with Gasteiger partial charge in [0.05, 0.1) is 22.6 Å². The van der Waals surface area contributed by atoms with E-state index >= 15 is 0 Å². The lowest BCUT2D eigenvalue weighted by atomic mass is 10.1. The van der Waals surface area contributed by atoms with E-state index in [2.05, 4.69) is 5.32 Å². The molecule has 0 fully saturated rings. The number of carbonyl (C=O) groups excluding carboxylic acids is 2. The van der Waals surface area contributed by atoms with Crippen molar-refractivity contribution < 1.29 is 27.7 Å². The van der Waals surface area contributed by atoms with E-state index in [0.29, 0.717) is 12.0 Å². The Morgan fingerprint density at radius 2 is 1.69 bits per heavy atom. The normalized spacial score (nSPS) is 12.6. The van der Waals surface area contributed by atoms with Crippen LogP contribution >= 0.6 is 34.8 Å². The summed E-state index contributed by atoms with van der Waals surface area (Å²) in [5.41, 5.74) is 0.0619. The second kappa shape index (κ2) is 15.1. The van der Waals surface area contributed by atoms with Crippen molar-refractivity contribution in [2.24, 2.45) is 0 Å². The third-order valence-electron chi connectivity index (χ3n) is 7.21. The van der Waals surface area contributed by atoms with E-state index in [1.165, 1.54) is 56.2 Å². The predicted molar refractivity (Wildman–Crippen MR) is 175 cm³/mol. The summed E-state index contributed by atoms with van der Waals surface area (Å²) in [5, 5.41) is 15.1. The van der Waals surface area contributed by atoms with Crippen molar-refractivity contribution in [2.75, 3.05) is 18.0 Å². The quantitative estimate of drug-likeness (QED) is 0.161. The van der Waals surface area contributed by atoms with Gasteiger partial charge in [-0.15, -0.1) is 0 Å². The van der Waals surface area contributed by atoms with Crippen LogP contribution in [0.5, 0.6) is 5.75 Å². The summed E-state index contributed by atoms with van der Waals surface area (Å²) in [6.45, 7) is 5.59. The third-order valence-corrected chi connectivity index (χ3v) is 9.91. The van der Waals surface area contributed by atoms with Crippen LogP contribution < -0.4 is 14.4 Å². The number of hydrogen-bond acceptors (Lipinski definition) is 7. The van der Waals surface area contributed by atoms with Crippen LogP contribution in [0.1, 0.15) is 38.3 Å². The maximum absolute atomic E-state index is 14.2. The number of halogens is 3. The minimum atomic E-state index is -4.67. The molecule has 0 spiro atoms. The highest BCUT2D eigenvalue weighted by Crippen LogP contribution is 2.36. The maximum atomic E-state index is 14.2. The zero-order chi connectivity index (χ0) is 33.6. The highest BCUT2D eigenvalue weighted by molar-refractivity contribution is 7.92. The van der Waals surface area contributed by atoms with Crippen LogP contribution in [0.2, 0.25) is 15.1 Å². The molecule has 3 aromatic carbocycles. The Kier molecular flexibility index (Phi) is 12.1. The lowest BCUT2D eigenvalue weighted by Gasteiger charge is -2.33. The van der Waals surface area contributed by atoms with Gasteiger partial charge in [0.1, 0.15) is 18.3 Å². The lowest BCUT2D eigenvalue weighted by Crippen LogP contribution is -2.52. The molecular weight excluding hydrogens is 667 g/mol. The van der Waals surface area contributed by atoms with Gasteiger partial charge in [0.25, 0.3) is 15.7 Å². The molecule has 3 aromatic rings. The number of methoxy groups -OCH3 is 1. The van der Waals surface area contributed by atoms with Gasteiger partial charge in [0.2, 0.25) is 11.8 Å². The molecule has 11 nitrogen and oxygen atoms in total. The summed E-state index contributed by atoms with van der Waals surface area (Å²) in [7, 11) is -3.36. The number of nitro groups is 1. The molecule has 2 atom stereocenters. The van der Waals surface area contributed by atoms with Crippen molar-refractivity contribution in [2.45, 2.75) is 57.6 Å². The van der Waals surface area contributed by atoms with E-state index in [9.17, 15) is 28.1 Å². The first-order valence-corrected chi connectivity index (χ1v) is 16.3. The fourth-order valence-electron chi connectivity index (χ4n) is 4.35. The summed E-state index contributed by atoms with van der Waals surface area (Å²) in [6.07, 6.45) is 0.631. The zero-order valence-electron chi connectivity index (χ0n) is 25.2. The number of rotatable bonds is 13. The average Bonchev–Trinajstić information content (AvgIpc) is 2.99. The van der Waals surface area contributed by atoms with Crippen molar-refractivity contribution >= 4 is 68.0 Å². The molecule has 0 saturated heterocycles. The van der Waals surface area contributed by atoms with Crippen LogP contribution in [0.15, 0.2) is 59.5 Å². The Labute approximate surface area is 277 Å². The van der Waals surface area contributed by atoms with Gasteiger partial charge in [0, 0.05) is 44.8 Å². The molecule has 242 valence electrons. The fraction of sp³-hybridized carbons (Fsp3) is 0.333. The lowest BCUT2D eigenvalue weighted by molar-refractivity contribution is -0.385. The minimum Gasteiger partial charge on any atom is -0.495 e. The number of anilines is 1. The largest absolute Gasteiger partial charge is 0.495 e. The molecule has 0 radical (unpaired) electrons. The average molecular weight is 700 g/mol. The monoisotopic (exact) mass is 698 g/mol. The van der Waals surface area contributed by atoms with Crippen molar-refractivity contribution in [3.8, 4) is 5.75 Å². The van der Waals surface area contributed by atoms with Crippen LogP contribution in [-0.2, 0) is 26.2 Å². The topological polar surface area (TPSA) is 139 Å². The Hall–Kier alpha value is -3.58. The zero-order valence-corrected chi connectivity index (χ0v) is 28.3. The Morgan fingerprint density at radius 1 is 1.04 bits per heavy atom. The number of ether oxygens (including phenoxy) is 1. The van der Waals surface area contributed by atoms with Crippen LogP contribution in [0.4, 0.5) is 11.4 Å². The number of nitrogens with one attached hydrogen (secondary N) is 1. The molecule has 0 unspecified atom stereocenters. The first kappa shape index (κ1) is 35.9. The van der Waals surface area contributed by atoms with Gasteiger partial charge in [-0.2, -0.15) is 0 Å². The Bertz CT molecular complexity index is 1680. The number of amides is 2. The molecule has 0 bridgehead atoms. The fourth-order valence-corrected chi connectivity index (χ4v) is 6.47. The summed E-state index contributed by atoms with van der Waals surface area (Å²) < 4.78 is 34.6. The molecule has 1 N–H and O–H groups in total. The second-order valence-electron chi connectivity index (χ2n) is 10.2. The molecule has 15 heteroatoms. The molecule has 2 amide bonds. The minimum absolute atomic E-state index is 0.0562. The highest BCUT2D eigenvalue weighted by atomic mass is 35.5. The second-order valence-corrected chi connectivity index (χ2v) is 13.4. The van der Waals surface area contributed by atoms with Gasteiger partial charge in [-0.05, 0) is 63.6 Å².